The standard InChI is InChI=1S/C22H22O6/c1-16(23)26-13-6-14-27-22-12-10-19(28-17(2)24)15-20(22)21(25)11-9-18-7-4-3-5-8-18/h3-8,10,12,14-15H,9,11,13H2,1-2H3/b14-6+. The molecule has 28 heavy (non-hydrogen) atoms. The van der Waals surface area contributed by atoms with Gasteiger partial charge >= 0.3 is 11.9 Å². The lowest BCUT2D eigenvalue weighted by Gasteiger charge is -2.10. The number of carbonyl (C=O) groups is 3. The first kappa shape index (κ1) is 20.9. The summed E-state index contributed by atoms with van der Waals surface area (Å²) in [6.45, 7) is 2.67. The maximum atomic E-state index is 12.7. The predicted octanol–water partition coefficient (Wildman–Crippen LogP) is 3.88. The molecule has 0 fully saturated rings. The Morgan fingerprint density at radius 3 is 2.39 bits per heavy atom. The summed E-state index contributed by atoms with van der Waals surface area (Å²) in [7, 11) is 0. The summed E-state index contributed by atoms with van der Waals surface area (Å²) in [5.74, 6) is -0.411. The van der Waals surface area contributed by atoms with Gasteiger partial charge in [0.2, 0.25) is 0 Å². The van der Waals surface area contributed by atoms with Gasteiger partial charge in [-0.1, -0.05) is 30.3 Å². The first-order valence-electron chi connectivity index (χ1n) is 8.80. The molecule has 0 aliphatic heterocycles. The lowest BCUT2D eigenvalue weighted by Crippen LogP contribution is -2.06. The van der Waals surface area contributed by atoms with Crippen LogP contribution in [0, 0.1) is 0 Å². The van der Waals surface area contributed by atoms with Crippen LogP contribution in [0.4, 0.5) is 0 Å². The number of Topliss-reactive ketones (excluding diaryl/α,β-unsaturated/α-hetero) is 1. The average molecular weight is 382 g/mol. The summed E-state index contributed by atoms with van der Waals surface area (Å²) in [6, 6.07) is 14.3. The molecule has 0 unspecified atom stereocenters. The van der Waals surface area contributed by atoms with Crippen LogP contribution in [0.15, 0.2) is 60.9 Å². The van der Waals surface area contributed by atoms with Gasteiger partial charge in [-0.05, 0) is 36.3 Å². The molecule has 0 amide bonds. The average Bonchev–Trinajstić information content (AvgIpc) is 2.67. The van der Waals surface area contributed by atoms with E-state index in [0.29, 0.717) is 17.7 Å². The van der Waals surface area contributed by atoms with Gasteiger partial charge in [0.05, 0.1) is 11.8 Å². The molecule has 0 saturated heterocycles. The Bertz CT molecular complexity index is 855. The first-order chi connectivity index (χ1) is 13.5. The molecule has 0 aromatic heterocycles. The number of ether oxygens (including phenoxy) is 3. The maximum Gasteiger partial charge on any atom is 0.308 e. The Morgan fingerprint density at radius 1 is 0.964 bits per heavy atom. The lowest BCUT2D eigenvalue weighted by molar-refractivity contribution is -0.139. The highest BCUT2D eigenvalue weighted by Crippen LogP contribution is 2.26. The normalized spacial score (nSPS) is 10.5. The molecule has 0 bridgehead atoms. The molecule has 0 heterocycles. The van der Waals surface area contributed by atoms with Gasteiger partial charge in [0, 0.05) is 20.3 Å². The zero-order valence-electron chi connectivity index (χ0n) is 15.8. The Kier molecular flexibility index (Phi) is 7.96. The summed E-state index contributed by atoms with van der Waals surface area (Å²) in [6.07, 6.45) is 3.72. The molecule has 0 radical (unpaired) electrons. The molecule has 0 aliphatic rings. The third-order valence-corrected chi connectivity index (χ3v) is 3.67. The van der Waals surface area contributed by atoms with Gasteiger partial charge in [-0.15, -0.1) is 0 Å². The maximum absolute atomic E-state index is 12.7. The fourth-order valence-corrected chi connectivity index (χ4v) is 2.42. The van der Waals surface area contributed by atoms with Crippen molar-refractivity contribution in [2.75, 3.05) is 6.61 Å². The van der Waals surface area contributed by atoms with Crippen molar-refractivity contribution < 1.29 is 28.6 Å². The highest BCUT2D eigenvalue weighted by molar-refractivity contribution is 5.99. The van der Waals surface area contributed by atoms with Crippen molar-refractivity contribution in [2.45, 2.75) is 26.7 Å². The molecule has 2 aromatic carbocycles. The molecule has 0 atom stereocenters. The van der Waals surface area contributed by atoms with Crippen molar-refractivity contribution in [1.29, 1.82) is 0 Å². The second kappa shape index (κ2) is 10.7. The van der Waals surface area contributed by atoms with Gasteiger partial charge in [0.1, 0.15) is 18.1 Å². The van der Waals surface area contributed by atoms with E-state index < -0.39 is 11.9 Å². The molecule has 0 aliphatic carbocycles. The number of ketones is 1. The summed E-state index contributed by atoms with van der Waals surface area (Å²) in [4.78, 5) is 34.7. The fourth-order valence-electron chi connectivity index (χ4n) is 2.42. The van der Waals surface area contributed by atoms with Crippen molar-refractivity contribution in [3.63, 3.8) is 0 Å². The number of hydrogen-bond donors (Lipinski definition) is 0. The Hall–Kier alpha value is -3.41. The van der Waals surface area contributed by atoms with Crippen LogP contribution >= 0.6 is 0 Å². The molecule has 0 saturated carbocycles. The van der Waals surface area contributed by atoms with E-state index in [-0.39, 0.29) is 24.6 Å². The van der Waals surface area contributed by atoms with Gasteiger partial charge in [0.25, 0.3) is 0 Å². The summed E-state index contributed by atoms with van der Waals surface area (Å²) >= 11 is 0. The Balaban J connectivity index is 2.13. The number of rotatable bonds is 9. The van der Waals surface area contributed by atoms with Crippen LogP contribution < -0.4 is 9.47 Å². The highest BCUT2D eigenvalue weighted by Gasteiger charge is 2.15. The van der Waals surface area contributed by atoms with Gasteiger partial charge in [0.15, 0.2) is 5.78 Å². The third-order valence-electron chi connectivity index (χ3n) is 3.67. The largest absolute Gasteiger partial charge is 0.464 e. The molecule has 6 heteroatoms. The minimum Gasteiger partial charge on any atom is -0.464 e. The highest BCUT2D eigenvalue weighted by atomic mass is 16.5. The van der Waals surface area contributed by atoms with Crippen molar-refractivity contribution in [1.82, 2.24) is 0 Å². The number of esters is 2. The second-order valence-electron chi connectivity index (χ2n) is 5.95. The van der Waals surface area contributed by atoms with E-state index in [1.165, 1.54) is 32.3 Å². The molecule has 0 N–H and O–H groups in total. The molecule has 2 aromatic rings. The van der Waals surface area contributed by atoms with Crippen molar-refractivity contribution in [3.05, 3.63) is 72.0 Å². The number of hydrogen-bond acceptors (Lipinski definition) is 6. The summed E-state index contributed by atoms with van der Waals surface area (Å²) in [5.41, 5.74) is 1.36. The number of benzene rings is 2. The summed E-state index contributed by atoms with van der Waals surface area (Å²) < 4.78 is 15.4. The van der Waals surface area contributed by atoms with Crippen LogP contribution in [-0.4, -0.2) is 24.3 Å². The Labute approximate surface area is 163 Å². The van der Waals surface area contributed by atoms with E-state index in [4.69, 9.17) is 14.2 Å². The monoisotopic (exact) mass is 382 g/mol. The van der Waals surface area contributed by atoms with Crippen LogP contribution in [0.25, 0.3) is 0 Å². The van der Waals surface area contributed by atoms with Gasteiger partial charge in [-0.25, -0.2) is 0 Å². The zero-order valence-corrected chi connectivity index (χ0v) is 15.8. The van der Waals surface area contributed by atoms with Crippen LogP contribution in [0.5, 0.6) is 11.5 Å². The lowest BCUT2D eigenvalue weighted by atomic mass is 10.0. The van der Waals surface area contributed by atoms with Gasteiger partial charge in [-0.3, -0.25) is 14.4 Å². The van der Waals surface area contributed by atoms with Crippen LogP contribution in [0.3, 0.4) is 0 Å². The fraction of sp³-hybridized carbons (Fsp3) is 0.227. The van der Waals surface area contributed by atoms with E-state index in [1.807, 2.05) is 30.3 Å². The van der Waals surface area contributed by atoms with Crippen molar-refractivity contribution >= 4 is 17.7 Å². The van der Waals surface area contributed by atoms with Gasteiger partial charge in [-0.2, -0.15) is 0 Å². The second-order valence-corrected chi connectivity index (χ2v) is 5.95. The zero-order chi connectivity index (χ0) is 20.4. The van der Waals surface area contributed by atoms with Gasteiger partial charge < -0.3 is 14.2 Å². The molecular formula is C22H22O6. The smallest absolute Gasteiger partial charge is 0.308 e. The summed E-state index contributed by atoms with van der Waals surface area (Å²) in [5, 5.41) is 0. The van der Waals surface area contributed by atoms with E-state index >= 15 is 0 Å². The van der Waals surface area contributed by atoms with E-state index in [2.05, 4.69) is 0 Å². The molecule has 0 spiro atoms. The van der Waals surface area contributed by atoms with Crippen LogP contribution in [0.2, 0.25) is 0 Å². The molecule has 2 rings (SSSR count). The predicted molar refractivity (Wildman–Crippen MR) is 103 cm³/mol. The first-order valence-corrected chi connectivity index (χ1v) is 8.80. The van der Waals surface area contributed by atoms with E-state index in [9.17, 15) is 14.4 Å². The van der Waals surface area contributed by atoms with Crippen LogP contribution in [-0.2, 0) is 20.7 Å². The SMILES string of the molecule is CC(=O)OC/C=C/Oc1ccc(OC(C)=O)cc1C(=O)CCc1ccccc1. The topological polar surface area (TPSA) is 78.9 Å². The number of carbonyl (C=O) groups excluding carboxylic acids is 3. The number of aryl methyl sites for hydroxylation is 1. The van der Waals surface area contributed by atoms with E-state index in [0.717, 1.165) is 5.56 Å². The van der Waals surface area contributed by atoms with E-state index in [1.54, 1.807) is 12.1 Å². The molecule has 6 nitrogen and oxygen atoms in total. The van der Waals surface area contributed by atoms with Crippen molar-refractivity contribution in [3.8, 4) is 11.5 Å². The van der Waals surface area contributed by atoms with Crippen LogP contribution in [0.1, 0.15) is 36.2 Å². The molecule has 146 valence electrons. The minimum absolute atomic E-state index is 0.0676. The van der Waals surface area contributed by atoms with Crippen molar-refractivity contribution in [2.24, 2.45) is 0 Å². The minimum atomic E-state index is -0.474. The Morgan fingerprint density at radius 2 is 1.71 bits per heavy atom. The molecular weight excluding hydrogens is 360 g/mol. The quantitative estimate of drug-likeness (QED) is 0.283. The third kappa shape index (κ3) is 7.07.